The van der Waals surface area contributed by atoms with Crippen LogP contribution in [-0.2, 0) is 11.3 Å². The Hall–Kier alpha value is -0.940. The third-order valence-electron chi connectivity index (χ3n) is 2.55. The van der Waals surface area contributed by atoms with Crippen LogP contribution in [0.3, 0.4) is 0 Å². The Labute approximate surface area is 93.1 Å². The number of rotatable bonds is 3. The minimum Gasteiger partial charge on any atom is -0.349 e. The first-order valence-electron chi connectivity index (χ1n) is 5.24. The third-order valence-corrected chi connectivity index (χ3v) is 3.19. The van der Waals surface area contributed by atoms with Gasteiger partial charge in [0.1, 0.15) is 0 Å². The van der Waals surface area contributed by atoms with E-state index in [0.29, 0.717) is 6.54 Å². The Kier molecular flexibility index (Phi) is 3.69. The smallest absolute Gasteiger partial charge is 0.237 e. The standard InChI is InChI=1S/C10H15N3OS/c14-10(9-3-1-2-4-11-9)12-5-8-6-15-7-13-8/h6-7,9,11H,1-5H2,(H,12,14). The summed E-state index contributed by atoms with van der Waals surface area (Å²) in [5, 5.41) is 8.07. The van der Waals surface area contributed by atoms with Gasteiger partial charge in [-0.3, -0.25) is 4.79 Å². The van der Waals surface area contributed by atoms with E-state index in [1.165, 1.54) is 6.42 Å². The molecule has 0 spiro atoms. The Morgan fingerprint density at radius 3 is 3.27 bits per heavy atom. The zero-order valence-electron chi connectivity index (χ0n) is 8.53. The van der Waals surface area contributed by atoms with Gasteiger partial charge < -0.3 is 10.6 Å². The SMILES string of the molecule is O=C(NCc1cscn1)C1CCCCN1. The van der Waals surface area contributed by atoms with Gasteiger partial charge >= 0.3 is 0 Å². The first-order valence-corrected chi connectivity index (χ1v) is 6.19. The number of amides is 1. The molecule has 1 saturated heterocycles. The zero-order chi connectivity index (χ0) is 10.5. The second-order valence-electron chi connectivity index (χ2n) is 3.70. The normalized spacial score (nSPS) is 21.2. The number of nitrogens with zero attached hydrogens (tertiary/aromatic N) is 1. The van der Waals surface area contributed by atoms with Gasteiger partial charge in [-0.05, 0) is 19.4 Å². The van der Waals surface area contributed by atoms with Crippen LogP contribution < -0.4 is 10.6 Å². The van der Waals surface area contributed by atoms with Crippen LogP contribution in [0, 0.1) is 0 Å². The van der Waals surface area contributed by atoms with Gasteiger partial charge in [0.25, 0.3) is 0 Å². The molecule has 1 aromatic heterocycles. The maximum atomic E-state index is 11.7. The van der Waals surface area contributed by atoms with E-state index >= 15 is 0 Å². The zero-order valence-corrected chi connectivity index (χ0v) is 9.35. The molecule has 1 aromatic rings. The summed E-state index contributed by atoms with van der Waals surface area (Å²) in [4.78, 5) is 15.8. The number of thiazole rings is 1. The number of carbonyl (C=O) groups is 1. The molecule has 2 rings (SSSR count). The van der Waals surface area contributed by atoms with Crippen molar-refractivity contribution in [2.75, 3.05) is 6.54 Å². The molecule has 1 aliphatic heterocycles. The van der Waals surface area contributed by atoms with Crippen LogP contribution in [0.2, 0.25) is 0 Å². The molecule has 1 unspecified atom stereocenters. The van der Waals surface area contributed by atoms with Crippen LogP contribution in [0.4, 0.5) is 0 Å². The molecule has 0 radical (unpaired) electrons. The Morgan fingerprint density at radius 1 is 1.67 bits per heavy atom. The van der Waals surface area contributed by atoms with E-state index in [1.54, 1.807) is 16.8 Å². The van der Waals surface area contributed by atoms with Gasteiger partial charge in [-0.15, -0.1) is 11.3 Å². The summed E-state index contributed by atoms with van der Waals surface area (Å²) in [7, 11) is 0. The van der Waals surface area contributed by atoms with Gasteiger partial charge in [0.2, 0.25) is 5.91 Å². The summed E-state index contributed by atoms with van der Waals surface area (Å²) in [5.74, 6) is 0.0997. The van der Waals surface area contributed by atoms with Gasteiger partial charge in [0.15, 0.2) is 0 Å². The van der Waals surface area contributed by atoms with Gasteiger partial charge in [-0.2, -0.15) is 0 Å². The Bertz CT molecular complexity index is 306. The molecule has 15 heavy (non-hydrogen) atoms. The van der Waals surface area contributed by atoms with Gasteiger partial charge in [-0.1, -0.05) is 6.42 Å². The van der Waals surface area contributed by atoms with Crippen molar-refractivity contribution in [1.29, 1.82) is 0 Å². The maximum absolute atomic E-state index is 11.7. The van der Waals surface area contributed by atoms with E-state index in [4.69, 9.17) is 0 Å². The van der Waals surface area contributed by atoms with Crippen molar-refractivity contribution in [2.45, 2.75) is 31.8 Å². The van der Waals surface area contributed by atoms with Crippen molar-refractivity contribution in [2.24, 2.45) is 0 Å². The number of nitrogens with one attached hydrogen (secondary N) is 2. The highest BCUT2D eigenvalue weighted by atomic mass is 32.1. The van der Waals surface area contributed by atoms with Crippen molar-refractivity contribution in [1.82, 2.24) is 15.6 Å². The average Bonchev–Trinajstić information content (AvgIpc) is 2.80. The van der Waals surface area contributed by atoms with E-state index in [9.17, 15) is 4.79 Å². The predicted molar refractivity (Wildman–Crippen MR) is 59.6 cm³/mol. The van der Waals surface area contributed by atoms with Gasteiger partial charge in [0.05, 0.1) is 23.8 Å². The molecule has 1 atom stereocenters. The summed E-state index contributed by atoms with van der Waals surface area (Å²) in [6.45, 7) is 1.50. The van der Waals surface area contributed by atoms with Gasteiger partial charge in [-0.25, -0.2) is 4.98 Å². The lowest BCUT2D eigenvalue weighted by Crippen LogP contribution is -2.46. The number of aromatic nitrogens is 1. The van der Waals surface area contributed by atoms with Crippen molar-refractivity contribution in [3.8, 4) is 0 Å². The molecule has 0 aromatic carbocycles. The monoisotopic (exact) mass is 225 g/mol. The van der Waals surface area contributed by atoms with E-state index in [1.807, 2.05) is 5.38 Å². The molecule has 0 bridgehead atoms. The second kappa shape index (κ2) is 5.23. The van der Waals surface area contributed by atoms with Crippen LogP contribution in [0.25, 0.3) is 0 Å². The molecule has 0 saturated carbocycles. The van der Waals surface area contributed by atoms with Gasteiger partial charge in [0, 0.05) is 5.38 Å². The molecular weight excluding hydrogens is 210 g/mol. The van der Waals surface area contributed by atoms with Crippen LogP contribution >= 0.6 is 11.3 Å². The first-order chi connectivity index (χ1) is 7.36. The molecule has 1 fully saturated rings. The van der Waals surface area contributed by atoms with Crippen molar-refractivity contribution in [3.05, 3.63) is 16.6 Å². The van der Waals surface area contributed by atoms with Crippen LogP contribution in [0.1, 0.15) is 25.0 Å². The molecule has 1 aliphatic rings. The lowest BCUT2D eigenvalue weighted by atomic mass is 10.0. The average molecular weight is 225 g/mol. The number of hydrogen-bond donors (Lipinski definition) is 2. The summed E-state index contributed by atoms with van der Waals surface area (Å²) < 4.78 is 0. The lowest BCUT2D eigenvalue weighted by molar-refractivity contribution is -0.123. The van der Waals surface area contributed by atoms with Crippen molar-refractivity contribution in [3.63, 3.8) is 0 Å². The molecule has 1 amide bonds. The first kappa shape index (κ1) is 10.6. The lowest BCUT2D eigenvalue weighted by Gasteiger charge is -2.22. The maximum Gasteiger partial charge on any atom is 0.237 e. The summed E-state index contributed by atoms with van der Waals surface area (Å²) in [6.07, 6.45) is 3.26. The fraction of sp³-hybridized carbons (Fsp3) is 0.600. The molecule has 82 valence electrons. The Balaban J connectivity index is 1.76. The summed E-state index contributed by atoms with van der Waals surface area (Å²) in [6, 6.07) is -0.00242. The summed E-state index contributed by atoms with van der Waals surface area (Å²) in [5.41, 5.74) is 2.71. The second-order valence-corrected chi connectivity index (χ2v) is 4.42. The quantitative estimate of drug-likeness (QED) is 0.803. The molecule has 2 heterocycles. The van der Waals surface area contributed by atoms with Crippen molar-refractivity contribution >= 4 is 17.2 Å². The molecule has 5 heteroatoms. The largest absolute Gasteiger partial charge is 0.349 e. The van der Waals surface area contributed by atoms with Crippen LogP contribution in [0.5, 0.6) is 0 Å². The number of carbonyl (C=O) groups excluding carboxylic acids is 1. The molecule has 4 nitrogen and oxygen atoms in total. The molecule has 2 N–H and O–H groups in total. The van der Waals surface area contributed by atoms with Crippen LogP contribution in [0.15, 0.2) is 10.9 Å². The van der Waals surface area contributed by atoms with Crippen LogP contribution in [-0.4, -0.2) is 23.5 Å². The third kappa shape index (κ3) is 3.00. The molecular formula is C10H15N3OS. The van der Waals surface area contributed by atoms with E-state index in [2.05, 4.69) is 15.6 Å². The Morgan fingerprint density at radius 2 is 2.60 bits per heavy atom. The van der Waals surface area contributed by atoms with Crippen molar-refractivity contribution < 1.29 is 4.79 Å². The fourth-order valence-corrected chi connectivity index (χ4v) is 2.26. The highest BCUT2D eigenvalue weighted by Gasteiger charge is 2.19. The number of piperidine rings is 1. The highest BCUT2D eigenvalue weighted by Crippen LogP contribution is 2.07. The topological polar surface area (TPSA) is 54.0 Å². The fourth-order valence-electron chi connectivity index (χ4n) is 1.70. The summed E-state index contributed by atoms with van der Waals surface area (Å²) >= 11 is 1.55. The predicted octanol–water partition coefficient (Wildman–Crippen LogP) is 0.901. The minimum atomic E-state index is -0.00242. The van der Waals surface area contributed by atoms with E-state index in [0.717, 1.165) is 25.1 Å². The number of hydrogen-bond acceptors (Lipinski definition) is 4. The molecule has 0 aliphatic carbocycles. The van der Waals surface area contributed by atoms with E-state index < -0.39 is 0 Å². The highest BCUT2D eigenvalue weighted by molar-refractivity contribution is 7.07. The van der Waals surface area contributed by atoms with E-state index in [-0.39, 0.29) is 11.9 Å². The minimum absolute atomic E-state index is 0.00242.